The molecule has 11 heteroatoms. The molecule has 228 valence electrons. The SMILES string of the molecule is CCOC(C)=O.Cc1cccc(O)c1-c1cc(Cl)c(F)c(CNC(=O)C(c2cc(Br)ccc2F)N(C)/C=C\C=C/C=O)c1. The molecule has 1 atom stereocenters. The van der Waals surface area contributed by atoms with Crippen LogP contribution in [0, 0.1) is 18.6 Å². The van der Waals surface area contributed by atoms with Crippen LogP contribution < -0.4 is 5.32 Å². The molecule has 43 heavy (non-hydrogen) atoms. The number of esters is 1. The Balaban J connectivity index is 0.000000973. The lowest BCUT2D eigenvalue weighted by Crippen LogP contribution is -2.37. The molecule has 0 aliphatic rings. The molecule has 2 N–H and O–H groups in total. The number of nitrogens with one attached hydrogen (secondary N) is 1. The minimum atomic E-state index is -1.11. The summed E-state index contributed by atoms with van der Waals surface area (Å²) in [4.78, 5) is 35.1. The smallest absolute Gasteiger partial charge is 0.302 e. The molecule has 1 unspecified atom stereocenters. The van der Waals surface area contributed by atoms with Crippen molar-refractivity contribution >= 4 is 45.7 Å². The van der Waals surface area contributed by atoms with E-state index in [0.717, 1.165) is 5.56 Å². The number of aldehydes is 1. The zero-order valence-corrected chi connectivity index (χ0v) is 26.4. The van der Waals surface area contributed by atoms with Gasteiger partial charge in [0, 0.05) is 41.7 Å². The minimum Gasteiger partial charge on any atom is -0.507 e. The van der Waals surface area contributed by atoms with Gasteiger partial charge in [-0.3, -0.25) is 14.4 Å². The van der Waals surface area contributed by atoms with Gasteiger partial charge in [-0.2, -0.15) is 0 Å². The second-order valence-electron chi connectivity index (χ2n) is 9.14. The third kappa shape index (κ3) is 10.3. The number of carbonyl (C=O) groups is 3. The number of phenols is 1. The molecule has 3 rings (SSSR count). The fourth-order valence-electron chi connectivity index (χ4n) is 4.08. The first-order chi connectivity index (χ1) is 20.4. The number of allylic oxidation sites excluding steroid dienone is 3. The van der Waals surface area contributed by atoms with Crippen molar-refractivity contribution in [3.8, 4) is 16.9 Å². The van der Waals surface area contributed by atoms with Crippen LogP contribution in [0.1, 0.15) is 36.6 Å². The number of aromatic hydroxyl groups is 1. The molecular formula is C32H32BrClF2N2O5. The first kappa shape index (κ1) is 35.2. The van der Waals surface area contributed by atoms with Crippen molar-refractivity contribution < 1.29 is 33.0 Å². The number of nitrogens with zero attached hydrogens (tertiary/aromatic N) is 1. The summed E-state index contributed by atoms with van der Waals surface area (Å²) in [5, 5.41) is 12.9. The Morgan fingerprint density at radius 1 is 1.14 bits per heavy atom. The van der Waals surface area contributed by atoms with E-state index in [1.807, 2.05) is 0 Å². The fraction of sp³-hybridized carbons (Fsp3) is 0.219. The highest BCUT2D eigenvalue weighted by Gasteiger charge is 2.27. The molecule has 3 aromatic rings. The maximum atomic E-state index is 14.9. The zero-order valence-electron chi connectivity index (χ0n) is 24.0. The van der Waals surface area contributed by atoms with E-state index >= 15 is 0 Å². The third-order valence-electron chi connectivity index (χ3n) is 5.97. The molecule has 0 heterocycles. The quantitative estimate of drug-likeness (QED) is 0.102. The van der Waals surface area contributed by atoms with Crippen LogP contribution in [0.2, 0.25) is 5.02 Å². The van der Waals surface area contributed by atoms with E-state index in [1.54, 1.807) is 33.0 Å². The van der Waals surface area contributed by atoms with Gasteiger partial charge in [0.2, 0.25) is 5.91 Å². The largest absolute Gasteiger partial charge is 0.507 e. The van der Waals surface area contributed by atoms with E-state index in [2.05, 4.69) is 26.0 Å². The van der Waals surface area contributed by atoms with Crippen LogP contribution in [0.15, 0.2) is 77.4 Å². The van der Waals surface area contributed by atoms with Crippen LogP contribution in [-0.4, -0.2) is 41.8 Å². The topological polar surface area (TPSA) is 95.9 Å². The zero-order chi connectivity index (χ0) is 32.1. The number of aryl methyl sites for hydroxylation is 1. The normalized spacial score (nSPS) is 11.5. The van der Waals surface area contributed by atoms with Crippen molar-refractivity contribution in [3.05, 3.63) is 111 Å². The van der Waals surface area contributed by atoms with E-state index in [9.17, 15) is 28.3 Å². The van der Waals surface area contributed by atoms with Crippen molar-refractivity contribution in [2.75, 3.05) is 13.7 Å². The summed E-state index contributed by atoms with van der Waals surface area (Å²) in [5.74, 6) is -2.10. The van der Waals surface area contributed by atoms with Gasteiger partial charge in [-0.15, -0.1) is 0 Å². The molecule has 0 aromatic heterocycles. The van der Waals surface area contributed by atoms with Gasteiger partial charge in [0.05, 0.1) is 11.6 Å². The predicted octanol–water partition coefficient (Wildman–Crippen LogP) is 7.19. The molecule has 3 aromatic carbocycles. The maximum Gasteiger partial charge on any atom is 0.302 e. The van der Waals surface area contributed by atoms with Gasteiger partial charge in [-0.25, -0.2) is 8.78 Å². The Kier molecular flexibility index (Phi) is 14.1. The maximum absolute atomic E-state index is 14.9. The Bertz CT molecular complexity index is 1490. The highest BCUT2D eigenvalue weighted by Crippen LogP contribution is 2.35. The van der Waals surface area contributed by atoms with E-state index in [4.69, 9.17) is 11.6 Å². The van der Waals surface area contributed by atoms with E-state index in [-0.39, 0.29) is 34.4 Å². The summed E-state index contributed by atoms with van der Waals surface area (Å²) in [6, 6.07) is 11.1. The van der Waals surface area contributed by atoms with Crippen LogP contribution in [-0.2, 0) is 25.7 Å². The lowest BCUT2D eigenvalue weighted by molar-refractivity contribution is -0.140. The minimum absolute atomic E-state index is 0.0138. The summed E-state index contributed by atoms with van der Waals surface area (Å²) in [6.07, 6.45) is 6.39. The van der Waals surface area contributed by atoms with E-state index in [1.165, 1.54) is 72.6 Å². The second-order valence-corrected chi connectivity index (χ2v) is 10.5. The molecular weight excluding hydrogens is 646 g/mol. The number of rotatable bonds is 10. The molecule has 0 spiro atoms. The lowest BCUT2D eigenvalue weighted by Gasteiger charge is -2.27. The van der Waals surface area contributed by atoms with Crippen LogP contribution >= 0.6 is 27.5 Å². The van der Waals surface area contributed by atoms with Gasteiger partial charge < -0.3 is 20.1 Å². The van der Waals surface area contributed by atoms with E-state index in [0.29, 0.717) is 28.5 Å². The fourth-order valence-corrected chi connectivity index (χ4v) is 4.70. The number of amides is 1. The van der Waals surface area contributed by atoms with Crippen LogP contribution in [0.4, 0.5) is 8.78 Å². The third-order valence-corrected chi connectivity index (χ3v) is 6.74. The van der Waals surface area contributed by atoms with Gasteiger partial charge in [-0.05, 0) is 79.7 Å². The average Bonchev–Trinajstić information content (AvgIpc) is 2.94. The van der Waals surface area contributed by atoms with Crippen LogP contribution in [0.3, 0.4) is 0 Å². The standard InChI is InChI=1S/C28H24BrClF2N2O3.C4H8O2/c1-17-7-6-8-24(36)25(17)18-13-19(26(32)22(30)14-18)16-33-28(37)27(34(2)11-4-3-5-12-35)21-15-20(29)9-10-23(21)31;1-3-6-4(2)5/h3-15,27,36H,16H2,1-2H3,(H,33,37);3H2,1-2H3/b5-3-,11-4-;. The van der Waals surface area contributed by atoms with Crippen LogP contribution in [0.25, 0.3) is 11.1 Å². The molecule has 0 saturated carbocycles. The number of halogens is 4. The van der Waals surface area contributed by atoms with Gasteiger partial charge in [0.1, 0.15) is 29.7 Å². The monoisotopic (exact) mass is 676 g/mol. The first-order valence-electron chi connectivity index (χ1n) is 13.0. The van der Waals surface area contributed by atoms with Gasteiger partial charge in [-0.1, -0.05) is 45.7 Å². The average molecular weight is 678 g/mol. The molecule has 0 fully saturated rings. The molecule has 7 nitrogen and oxygen atoms in total. The lowest BCUT2D eigenvalue weighted by atomic mass is 9.97. The number of likely N-dealkylation sites (N-methyl/N-ethyl adjacent to an activating group) is 1. The van der Waals surface area contributed by atoms with Crippen molar-refractivity contribution in [1.29, 1.82) is 0 Å². The van der Waals surface area contributed by atoms with Crippen molar-refractivity contribution in [1.82, 2.24) is 10.2 Å². The van der Waals surface area contributed by atoms with Crippen molar-refractivity contribution in [2.45, 2.75) is 33.4 Å². The highest BCUT2D eigenvalue weighted by atomic mass is 79.9. The molecule has 0 bridgehead atoms. The molecule has 1 amide bonds. The Labute approximate surface area is 262 Å². The Hall–Kier alpha value is -4.02. The van der Waals surface area contributed by atoms with Gasteiger partial charge >= 0.3 is 5.97 Å². The van der Waals surface area contributed by atoms with Crippen molar-refractivity contribution in [2.24, 2.45) is 0 Å². The second kappa shape index (κ2) is 17.2. The first-order valence-corrected chi connectivity index (χ1v) is 14.2. The number of benzene rings is 3. The number of ether oxygens (including phenoxy) is 1. The van der Waals surface area contributed by atoms with Gasteiger partial charge in [0.25, 0.3) is 0 Å². The van der Waals surface area contributed by atoms with Crippen LogP contribution in [0.5, 0.6) is 5.75 Å². The molecule has 0 radical (unpaired) electrons. The predicted molar refractivity (Wildman–Crippen MR) is 166 cm³/mol. The number of phenolic OH excluding ortho intramolecular Hbond substituents is 1. The van der Waals surface area contributed by atoms with Gasteiger partial charge in [0.15, 0.2) is 0 Å². The molecule has 0 saturated heterocycles. The van der Waals surface area contributed by atoms with E-state index < -0.39 is 23.6 Å². The Morgan fingerprint density at radius 2 is 1.86 bits per heavy atom. The molecule has 0 aliphatic heterocycles. The number of hydrogen-bond acceptors (Lipinski definition) is 6. The number of carbonyl (C=O) groups excluding carboxylic acids is 3. The summed E-state index contributed by atoms with van der Waals surface area (Å²) in [7, 11) is 1.58. The summed E-state index contributed by atoms with van der Waals surface area (Å²) in [6.45, 7) is 5.22. The number of hydrogen-bond donors (Lipinski definition) is 2. The Morgan fingerprint density at radius 3 is 2.47 bits per heavy atom. The summed E-state index contributed by atoms with van der Waals surface area (Å²) in [5.41, 5.74) is 1.94. The summed E-state index contributed by atoms with van der Waals surface area (Å²) >= 11 is 9.45. The highest BCUT2D eigenvalue weighted by molar-refractivity contribution is 9.10. The summed E-state index contributed by atoms with van der Waals surface area (Å²) < 4.78 is 34.7. The molecule has 0 aliphatic carbocycles. The van der Waals surface area contributed by atoms with Crippen molar-refractivity contribution in [3.63, 3.8) is 0 Å².